The predicted octanol–water partition coefficient (Wildman–Crippen LogP) is 2.67. The second-order valence-corrected chi connectivity index (χ2v) is 7.12. The zero-order chi connectivity index (χ0) is 15.4. The van der Waals surface area contributed by atoms with Crippen LogP contribution in [0.1, 0.15) is 66.5 Å². The molecule has 2 aliphatic rings. The molecule has 1 saturated carbocycles. The van der Waals surface area contributed by atoms with Gasteiger partial charge in [-0.15, -0.1) is 11.3 Å². The van der Waals surface area contributed by atoms with Crippen LogP contribution in [0.4, 0.5) is 0 Å². The number of aliphatic hydroxyl groups is 1. The Morgan fingerprint density at radius 2 is 2.18 bits per heavy atom. The van der Waals surface area contributed by atoms with Crippen molar-refractivity contribution in [2.45, 2.75) is 57.1 Å². The summed E-state index contributed by atoms with van der Waals surface area (Å²) in [5, 5.41) is 15.3. The zero-order valence-corrected chi connectivity index (χ0v) is 13.6. The Bertz CT molecular complexity index is 499. The van der Waals surface area contributed by atoms with E-state index in [-0.39, 0.29) is 30.6 Å². The molecule has 0 aromatic carbocycles. The summed E-state index contributed by atoms with van der Waals surface area (Å²) in [7, 11) is 0. The van der Waals surface area contributed by atoms with Crippen molar-refractivity contribution in [1.29, 1.82) is 0 Å². The Morgan fingerprint density at radius 3 is 2.95 bits per heavy atom. The number of hydrogen-bond donors (Lipinski definition) is 2. The molecule has 1 aromatic heterocycles. The van der Waals surface area contributed by atoms with Crippen LogP contribution in [-0.2, 0) is 4.74 Å². The molecule has 1 amide bonds. The lowest BCUT2D eigenvalue weighted by Crippen LogP contribution is -2.41. The van der Waals surface area contributed by atoms with Gasteiger partial charge in [0.05, 0.1) is 0 Å². The summed E-state index contributed by atoms with van der Waals surface area (Å²) in [6.07, 6.45) is 7.48. The Balaban J connectivity index is 1.63. The van der Waals surface area contributed by atoms with Gasteiger partial charge in [0.2, 0.25) is 0 Å². The van der Waals surface area contributed by atoms with Crippen LogP contribution in [0.15, 0.2) is 5.38 Å². The maximum Gasteiger partial charge on any atom is 0.270 e. The van der Waals surface area contributed by atoms with Gasteiger partial charge in [-0.2, -0.15) is 0 Å². The minimum Gasteiger partial charge on any atom is -0.396 e. The molecular formula is C16H24N2O3S. The van der Waals surface area contributed by atoms with Gasteiger partial charge in [-0.3, -0.25) is 4.79 Å². The smallest absolute Gasteiger partial charge is 0.270 e. The van der Waals surface area contributed by atoms with Crippen molar-refractivity contribution < 1.29 is 14.6 Å². The number of carbonyl (C=O) groups excluding carboxylic acids is 1. The van der Waals surface area contributed by atoms with Gasteiger partial charge in [0, 0.05) is 30.6 Å². The molecular weight excluding hydrogens is 300 g/mol. The van der Waals surface area contributed by atoms with Gasteiger partial charge in [-0.1, -0.05) is 19.3 Å². The van der Waals surface area contributed by atoms with E-state index in [1.807, 2.05) is 5.38 Å². The summed E-state index contributed by atoms with van der Waals surface area (Å²) in [5.41, 5.74) is 0.483. The fraction of sp³-hybridized carbons (Fsp3) is 0.750. The minimum atomic E-state index is -0.120. The third-order valence-corrected chi connectivity index (χ3v) is 5.61. The number of nitrogens with zero attached hydrogens (tertiary/aromatic N) is 1. The van der Waals surface area contributed by atoms with Crippen LogP contribution < -0.4 is 5.32 Å². The first kappa shape index (κ1) is 15.9. The van der Waals surface area contributed by atoms with Crippen molar-refractivity contribution in [2.75, 3.05) is 13.2 Å². The molecule has 0 spiro atoms. The Labute approximate surface area is 135 Å². The van der Waals surface area contributed by atoms with E-state index in [2.05, 4.69) is 10.3 Å². The molecule has 122 valence electrons. The fourth-order valence-electron chi connectivity index (χ4n) is 3.35. The van der Waals surface area contributed by atoms with Crippen LogP contribution in [0, 0.1) is 5.92 Å². The summed E-state index contributed by atoms with van der Waals surface area (Å²) >= 11 is 1.50. The molecule has 0 bridgehead atoms. The Morgan fingerprint density at radius 1 is 1.32 bits per heavy atom. The highest BCUT2D eigenvalue weighted by Crippen LogP contribution is 2.30. The highest BCUT2D eigenvalue weighted by atomic mass is 32.1. The second-order valence-electron chi connectivity index (χ2n) is 6.23. The number of amides is 1. The molecule has 1 saturated heterocycles. The fourth-order valence-corrected chi connectivity index (χ4v) is 4.23. The highest BCUT2D eigenvalue weighted by Gasteiger charge is 2.27. The summed E-state index contributed by atoms with van der Waals surface area (Å²) < 4.78 is 5.62. The number of ether oxygens (including phenoxy) is 1. The number of hydrogen-bond acceptors (Lipinski definition) is 5. The van der Waals surface area contributed by atoms with E-state index in [1.165, 1.54) is 17.8 Å². The summed E-state index contributed by atoms with van der Waals surface area (Å²) in [5.74, 6) is 0.0496. The summed E-state index contributed by atoms with van der Waals surface area (Å²) in [6.45, 7) is 0.926. The first-order valence-electron chi connectivity index (χ1n) is 8.26. The van der Waals surface area contributed by atoms with E-state index >= 15 is 0 Å². The summed E-state index contributed by atoms with van der Waals surface area (Å²) in [4.78, 5) is 16.9. The van der Waals surface area contributed by atoms with Gasteiger partial charge in [0.15, 0.2) is 0 Å². The molecule has 5 nitrogen and oxygen atoms in total. The maximum absolute atomic E-state index is 12.4. The van der Waals surface area contributed by atoms with E-state index < -0.39 is 0 Å². The first-order valence-corrected chi connectivity index (χ1v) is 9.14. The lowest BCUT2D eigenvalue weighted by Gasteiger charge is -2.24. The molecule has 1 aliphatic heterocycles. The molecule has 0 radical (unpaired) electrons. The van der Waals surface area contributed by atoms with E-state index in [0.717, 1.165) is 50.1 Å². The van der Waals surface area contributed by atoms with Crippen molar-refractivity contribution in [2.24, 2.45) is 5.92 Å². The van der Waals surface area contributed by atoms with Gasteiger partial charge >= 0.3 is 0 Å². The average Bonchev–Trinajstić information content (AvgIpc) is 3.16. The molecule has 2 fully saturated rings. The van der Waals surface area contributed by atoms with Crippen LogP contribution in [0.2, 0.25) is 0 Å². The van der Waals surface area contributed by atoms with Crippen molar-refractivity contribution in [1.82, 2.24) is 10.3 Å². The van der Waals surface area contributed by atoms with Crippen LogP contribution in [0.25, 0.3) is 0 Å². The minimum absolute atomic E-state index is 0.0629. The van der Waals surface area contributed by atoms with E-state index in [0.29, 0.717) is 5.69 Å². The second kappa shape index (κ2) is 7.53. The SMILES string of the molecule is O=C(NC1CCCCCC1CO)c1csc(C2CCCO2)n1. The standard InChI is InChI=1S/C16H24N2O3S/c19-9-11-5-2-1-3-6-12(11)17-15(20)13-10-22-16(18-13)14-7-4-8-21-14/h10-12,14,19H,1-9H2,(H,17,20). The van der Waals surface area contributed by atoms with Gasteiger partial charge in [0.25, 0.3) is 5.91 Å². The van der Waals surface area contributed by atoms with Crippen LogP contribution in [0.3, 0.4) is 0 Å². The molecule has 3 rings (SSSR count). The van der Waals surface area contributed by atoms with Gasteiger partial charge in [0.1, 0.15) is 16.8 Å². The Hall–Kier alpha value is -0.980. The maximum atomic E-state index is 12.4. The largest absolute Gasteiger partial charge is 0.396 e. The van der Waals surface area contributed by atoms with Gasteiger partial charge < -0.3 is 15.2 Å². The third kappa shape index (κ3) is 3.67. The molecule has 6 heteroatoms. The van der Waals surface area contributed by atoms with E-state index in [9.17, 15) is 9.90 Å². The van der Waals surface area contributed by atoms with Crippen molar-refractivity contribution in [3.05, 3.63) is 16.1 Å². The lowest BCUT2D eigenvalue weighted by atomic mass is 9.95. The summed E-state index contributed by atoms with van der Waals surface area (Å²) in [6, 6.07) is 0.0629. The number of aromatic nitrogens is 1. The number of nitrogens with one attached hydrogen (secondary N) is 1. The van der Waals surface area contributed by atoms with E-state index in [1.54, 1.807) is 0 Å². The van der Waals surface area contributed by atoms with Gasteiger partial charge in [-0.25, -0.2) is 4.98 Å². The third-order valence-electron chi connectivity index (χ3n) is 4.67. The van der Waals surface area contributed by atoms with Crippen LogP contribution in [0.5, 0.6) is 0 Å². The zero-order valence-electron chi connectivity index (χ0n) is 12.8. The number of rotatable bonds is 4. The predicted molar refractivity (Wildman–Crippen MR) is 85.0 cm³/mol. The molecule has 2 N–H and O–H groups in total. The molecule has 2 heterocycles. The number of aliphatic hydroxyl groups excluding tert-OH is 1. The molecule has 3 unspecified atom stereocenters. The highest BCUT2D eigenvalue weighted by molar-refractivity contribution is 7.09. The lowest BCUT2D eigenvalue weighted by molar-refractivity contribution is 0.0892. The number of thiazole rings is 1. The molecule has 22 heavy (non-hydrogen) atoms. The Kier molecular flexibility index (Phi) is 5.44. The average molecular weight is 324 g/mol. The van der Waals surface area contributed by atoms with Crippen molar-refractivity contribution in [3.63, 3.8) is 0 Å². The van der Waals surface area contributed by atoms with Crippen molar-refractivity contribution in [3.8, 4) is 0 Å². The topological polar surface area (TPSA) is 71.5 Å². The van der Waals surface area contributed by atoms with E-state index in [4.69, 9.17) is 4.74 Å². The first-order chi connectivity index (χ1) is 10.8. The molecule has 1 aliphatic carbocycles. The van der Waals surface area contributed by atoms with Gasteiger partial charge in [-0.05, 0) is 25.7 Å². The van der Waals surface area contributed by atoms with Crippen LogP contribution >= 0.6 is 11.3 Å². The molecule has 1 aromatic rings. The number of carbonyl (C=O) groups is 1. The molecule has 3 atom stereocenters. The van der Waals surface area contributed by atoms with Crippen LogP contribution in [-0.4, -0.2) is 35.3 Å². The monoisotopic (exact) mass is 324 g/mol. The van der Waals surface area contributed by atoms with Crippen molar-refractivity contribution >= 4 is 17.2 Å². The quantitative estimate of drug-likeness (QED) is 0.835. The normalized spacial score (nSPS) is 29.2.